The van der Waals surface area contributed by atoms with Gasteiger partial charge >= 0.3 is 0 Å². The first-order chi connectivity index (χ1) is 8.19. The molecule has 0 amide bonds. The first kappa shape index (κ1) is 11.6. The Labute approximate surface area is 101 Å². The number of aromatic amines is 1. The van der Waals surface area contributed by atoms with Crippen LogP contribution >= 0.6 is 0 Å². The fourth-order valence-corrected chi connectivity index (χ4v) is 1.82. The molecule has 0 saturated carbocycles. The van der Waals surface area contributed by atoms with E-state index in [4.69, 9.17) is 0 Å². The topological polar surface area (TPSA) is 45.8 Å². The molecule has 0 spiro atoms. The fraction of sp³-hybridized carbons (Fsp3) is 0.286. The molecule has 1 aromatic heterocycles. The molecule has 0 atom stereocenters. The Hall–Kier alpha value is -1.90. The Kier molecular flexibility index (Phi) is 3.38. The highest BCUT2D eigenvalue weighted by Gasteiger charge is 2.03. The molecule has 0 unspecified atom stereocenters. The van der Waals surface area contributed by atoms with Crippen LogP contribution in [-0.4, -0.2) is 9.97 Å². The molecule has 0 saturated heterocycles. The van der Waals surface area contributed by atoms with E-state index in [0.29, 0.717) is 6.42 Å². The van der Waals surface area contributed by atoms with Gasteiger partial charge in [0.05, 0.1) is 0 Å². The number of rotatable bonds is 3. The molecule has 17 heavy (non-hydrogen) atoms. The molecule has 1 N–H and O–H groups in total. The van der Waals surface area contributed by atoms with Crippen molar-refractivity contribution in [2.45, 2.75) is 26.7 Å². The Bertz CT molecular complexity index is 572. The van der Waals surface area contributed by atoms with Gasteiger partial charge < -0.3 is 4.98 Å². The average molecular weight is 228 g/mol. The van der Waals surface area contributed by atoms with Crippen LogP contribution in [0.4, 0.5) is 0 Å². The van der Waals surface area contributed by atoms with Crippen molar-refractivity contribution in [2.75, 3.05) is 0 Å². The Morgan fingerprint density at radius 2 is 2.06 bits per heavy atom. The predicted molar refractivity (Wildman–Crippen MR) is 68.2 cm³/mol. The summed E-state index contributed by atoms with van der Waals surface area (Å²) < 4.78 is 0. The molecule has 3 heteroatoms. The van der Waals surface area contributed by atoms with Crippen molar-refractivity contribution in [3.8, 4) is 0 Å². The zero-order chi connectivity index (χ0) is 12.3. The summed E-state index contributed by atoms with van der Waals surface area (Å²) in [4.78, 5) is 18.7. The van der Waals surface area contributed by atoms with Crippen molar-refractivity contribution < 1.29 is 0 Å². The molecule has 2 aromatic rings. The second kappa shape index (κ2) is 4.95. The normalized spacial score (nSPS) is 10.5. The van der Waals surface area contributed by atoms with Crippen LogP contribution in [0.1, 0.15) is 29.6 Å². The van der Waals surface area contributed by atoms with Gasteiger partial charge in [-0.15, -0.1) is 0 Å². The van der Waals surface area contributed by atoms with Gasteiger partial charge in [0.25, 0.3) is 5.56 Å². The molecule has 0 fully saturated rings. The van der Waals surface area contributed by atoms with Crippen molar-refractivity contribution in [1.82, 2.24) is 9.97 Å². The van der Waals surface area contributed by atoms with E-state index in [1.807, 2.05) is 19.1 Å². The van der Waals surface area contributed by atoms with E-state index < -0.39 is 0 Å². The highest BCUT2D eigenvalue weighted by atomic mass is 16.1. The lowest BCUT2D eigenvalue weighted by molar-refractivity contribution is 0.885. The molecule has 0 radical (unpaired) electrons. The fourth-order valence-electron chi connectivity index (χ4n) is 1.82. The summed E-state index contributed by atoms with van der Waals surface area (Å²) in [5.41, 5.74) is 3.19. The summed E-state index contributed by atoms with van der Waals surface area (Å²) in [6, 6.07) is 9.70. The van der Waals surface area contributed by atoms with Crippen molar-refractivity contribution in [3.05, 3.63) is 63.3 Å². The van der Waals surface area contributed by atoms with Crippen LogP contribution in [0, 0.1) is 6.92 Å². The summed E-state index contributed by atoms with van der Waals surface area (Å²) in [5.74, 6) is 0.739. The molecular formula is C14H16N2O. The van der Waals surface area contributed by atoms with Crippen molar-refractivity contribution in [3.63, 3.8) is 0 Å². The number of nitrogens with one attached hydrogen (secondary N) is 1. The van der Waals surface area contributed by atoms with E-state index in [0.717, 1.165) is 17.9 Å². The van der Waals surface area contributed by atoms with E-state index >= 15 is 0 Å². The third-order valence-corrected chi connectivity index (χ3v) is 2.83. The van der Waals surface area contributed by atoms with E-state index in [1.54, 1.807) is 6.07 Å². The lowest BCUT2D eigenvalue weighted by atomic mass is 10.1. The summed E-state index contributed by atoms with van der Waals surface area (Å²) in [6.45, 7) is 4.07. The van der Waals surface area contributed by atoms with Crippen LogP contribution in [0.3, 0.4) is 0 Å². The summed E-state index contributed by atoms with van der Waals surface area (Å²) in [7, 11) is 0. The minimum Gasteiger partial charge on any atom is -0.310 e. The van der Waals surface area contributed by atoms with E-state index in [1.165, 1.54) is 11.1 Å². The number of aryl methyl sites for hydroxylation is 2. The lowest BCUT2D eigenvalue weighted by Crippen LogP contribution is -2.13. The largest absolute Gasteiger partial charge is 0.310 e. The third kappa shape index (κ3) is 2.81. The molecule has 1 aromatic carbocycles. The first-order valence-electron chi connectivity index (χ1n) is 5.82. The standard InChI is InChI=1S/C14H16N2O/c1-3-12-9-14(17)16-13(15-12)8-11-7-5-4-6-10(11)2/h4-7,9H,3,8H2,1-2H3,(H,15,16,17). The number of hydrogen-bond donors (Lipinski definition) is 1. The lowest BCUT2D eigenvalue weighted by Gasteiger charge is -2.05. The number of benzene rings is 1. The second-order valence-corrected chi connectivity index (χ2v) is 4.14. The van der Waals surface area contributed by atoms with Crippen molar-refractivity contribution in [1.29, 1.82) is 0 Å². The maximum Gasteiger partial charge on any atom is 0.251 e. The number of H-pyrrole nitrogens is 1. The summed E-state index contributed by atoms with van der Waals surface area (Å²) in [5, 5.41) is 0. The van der Waals surface area contributed by atoms with Gasteiger partial charge in [-0.25, -0.2) is 4.98 Å². The van der Waals surface area contributed by atoms with Gasteiger partial charge in [0.1, 0.15) is 5.82 Å². The number of hydrogen-bond acceptors (Lipinski definition) is 2. The smallest absolute Gasteiger partial charge is 0.251 e. The zero-order valence-corrected chi connectivity index (χ0v) is 10.2. The molecule has 0 bridgehead atoms. The van der Waals surface area contributed by atoms with Gasteiger partial charge in [-0.1, -0.05) is 31.2 Å². The molecular weight excluding hydrogens is 212 g/mol. The van der Waals surface area contributed by atoms with Crippen LogP contribution < -0.4 is 5.56 Å². The maximum absolute atomic E-state index is 11.4. The van der Waals surface area contributed by atoms with Crippen LogP contribution in [0.25, 0.3) is 0 Å². The van der Waals surface area contributed by atoms with Gasteiger partial charge in [-0.05, 0) is 24.5 Å². The molecule has 88 valence electrons. The molecule has 3 nitrogen and oxygen atoms in total. The summed E-state index contributed by atoms with van der Waals surface area (Å²) in [6.07, 6.45) is 1.46. The zero-order valence-electron chi connectivity index (χ0n) is 10.2. The van der Waals surface area contributed by atoms with Gasteiger partial charge in [0, 0.05) is 18.2 Å². The minimum atomic E-state index is -0.0690. The van der Waals surface area contributed by atoms with E-state index in [9.17, 15) is 4.79 Å². The molecule has 2 rings (SSSR count). The maximum atomic E-state index is 11.4. The SMILES string of the molecule is CCc1cc(=O)[nH]c(Cc2ccccc2C)n1. The average Bonchev–Trinajstić information content (AvgIpc) is 2.31. The molecule has 0 aliphatic rings. The van der Waals surface area contributed by atoms with Crippen LogP contribution in [-0.2, 0) is 12.8 Å². The van der Waals surface area contributed by atoms with Crippen LogP contribution in [0.15, 0.2) is 35.1 Å². The molecule has 0 aliphatic carbocycles. The second-order valence-electron chi connectivity index (χ2n) is 4.14. The summed E-state index contributed by atoms with van der Waals surface area (Å²) >= 11 is 0. The first-order valence-corrected chi connectivity index (χ1v) is 5.82. The van der Waals surface area contributed by atoms with Gasteiger partial charge in [0.2, 0.25) is 0 Å². The highest BCUT2D eigenvalue weighted by molar-refractivity contribution is 5.28. The van der Waals surface area contributed by atoms with Gasteiger partial charge in [-0.3, -0.25) is 4.79 Å². The Balaban J connectivity index is 2.33. The predicted octanol–water partition coefficient (Wildman–Crippen LogP) is 2.23. The van der Waals surface area contributed by atoms with Crippen molar-refractivity contribution in [2.24, 2.45) is 0 Å². The highest BCUT2D eigenvalue weighted by Crippen LogP contribution is 2.10. The molecule has 0 aliphatic heterocycles. The minimum absolute atomic E-state index is 0.0690. The number of aromatic nitrogens is 2. The van der Waals surface area contributed by atoms with Crippen LogP contribution in [0.2, 0.25) is 0 Å². The van der Waals surface area contributed by atoms with Gasteiger partial charge in [-0.2, -0.15) is 0 Å². The Morgan fingerprint density at radius 1 is 1.29 bits per heavy atom. The molecule has 1 heterocycles. The monoisotopic (exact) mass is 228 g/mol. The van der Waals surface area contributed by atoms with Crippen molar-refractivity contribution >= 4 is 0 Å². The Morgan fingerprint density at radius 3 is 2.76 bits per heavy atom. The van der Waals surface area contributed by atoms with E-state index in [2.05, 4.69) is 29.0 Å². The van der Waals surface area contributed by atoms with E-state index in [-0.39, 0.29) is 5.56 Å². The third-order valence-electron chi connectivity index (χ3n) is 2.83. The van der Waals surface area contributed by atoms with Crippen LogP contribution in [0.5, 0.6) is 0 Å². The number of nitrogens with zero attached hydrogens (tertiary/aromatic N) is 1. The van der Waals surface area contributed by atoms with Gasteiger partial charge in [0.15, 0.2) is 0 Å². The quantitative estimate of drug-likeness (QED) is 0.875.